The van der Waals surface area contributed by atoms with Gasteiger partial charge in [0.2, 0.25) is 0 Å². The molecule has 4 rings (SSSR count). The molecule has 0 unspecified atom stereocenters. The van der Waals surface area contributed by atoms with Gasteiger partial charge in [-0.05, 0) is 55.3 Å². The lowest BCUT2D eigenvalue weighted by atomic mass is 10.0. The number of carbonyl (C=O) groups is 2. The molecule has 1 aliphatic rings. The molecular formula is C24H21NO8P+3. The molecule has 1 aliphatic carbocycles. The minimum atomic E-state index is -4.82. The zero-order valence-corrected chi connectivity index (χ0v) is 19.4. The summed E-state index contributed by atoms with van der Waals surface area (Å²) in [4.78, 5) is 43.3. The number of hydrogen-bond acceptors (Lipinski definition) is 4. The van der Waals surface area contributed by atoms with Gasteiger partial charge in [0.15, 0.2) is 22.2 Å². The van der Waals surface area contributed by atoms with E-state index in [0.29, 0.717) is 27.1 Å². The predicted octanol–water partition coefficient (Wildman–Crippen LogP) is 1.97. The zero-order chi connectivity index (χ0) is 24.8. The van der Waals surface area contributed by atoms with Crippen LogP contribution in [0.3, 0.4) is 0 Å². The Morgan fingerprint density at radius 3 is 2.41 bits per heavy atom. The monoisotopic (exact) mass is 482 g/mol. The van der Waals surface area contributed by atoms with Crippen molar-refractivity contribution in [3.63, 3.8) is 0 Å². The molecule has 34 heavy (non-hydrogen) atoms. The molecule has 3 aromatic rings. The quantitative estimate of drug-likeness (QED) is 0.170. The minimum absolute atomic E-state index is 0.0802. The van der Waals surface area contributed by atoms with Crippen LogP contribution in [0.1, 0.15) is 31.8 Å². The van der Waals surface area contributed by atoms with Crippen LogP contribution in [-0.2, 0) is 15.8 Å². The molecule has 1 aromatic heterocycles. The van der Waals surface area contributed by atoms with Crippen LogP contribution in [0, 0.1) is 20.3 Å². The summed E-state index contributed by atoms with van der Waals surface area (Å²) in [7, 11) is -3.01. The van der Waals surface area contributed by atoms with Gasteiger partial charge in [0.05, 0.1) is 11.6 Å². The standard InChI is InChI=1S/C24H18NO8P/c1-13-10-15(23(26)27)11-14(2)22(13)32-24(28)21-17-6-4-5-7-19(17)25(3)20-9-8-16(12-18(20)21)33-34(29,30)31/h4-12H,1-3H3/p+3. The third kappa shape index (κ3) is 4.36. The lowest BCUT2D eigenvalue weighted by Crippen LogP contribution is -2.42. The van der Waals surface area contributed by atoms with Crippen molar-refractivity contribution in [1.82, 2.24) is 4.57 Å². The van der Waals surface area contributed by atoms with Gasteiger partial charge in [-0.15, -0.1) is 4.21 Å². The Kier molecular flexibility index (Phi) is 5.87. The molecule has 0 fully saturated rings. The summed E-state index contributed by atoms with van der Waals surface area (Å²) in [6.07, 6.45) is 4.39. The predicted molar refractivity (Wildman–Crippen MR) is 125 cm³/mol. The number of rotatable bonds is 4. The second-order valence-electron chi connectivity index (χ2n) is 7.85. The van der Waals surface area contributed by atoms with Crippen molar-refractivity contribution in [2.24, 2.45) is 7.05 Å². The van der Waals surface area contributed by atoms with E-state index >= 15 is 0 Å². The molecule has 0 amide bonds. The largest absolute Gasteiger partial charge is 0.765 e. The molecule has 9 nitrogen and oxygen atoms in total. The Bertz CT molecular complexity index is 1560. The zero-order valence-electron chi connectivity index (χ0n) is 18.5. The number of aromatic nitrogens is 1. The first-order valence-corrected chi connectivity index (χ1v) is 11.7. The van der Waals surface area contributed by atoms with Crippen LogP contribution >= 0.6 is 7.82 Å². The molecule has 0 bridgehead atoms. The van der Waals surface area contributed by atoms with E-state index < -0.39 is 19.8 Å². The number of pyridine rings is 1. The topological polar surface area (TPSA) is 137 Å². The first-order chi connectivity index (χ1) is 16.0. The molecule has 0 saturated heterocycles. The van der Waals surface area contributed by atoms with Crippen molar-refractivity contribution in [2.45, 2.75) is 13.8 Å². The number of carbonyl (C=O) groups excluding carboxylic acids is 2. The summed E-state index contributed by atoms with van der Waals surface area (Å²) in [6.45, 7) is 3.30. The molecule has 0 radical (unpaired) electrons. The molecule has 172 valence electrons. The number of benzene rings is 2. The van der Waals surface area contributed by atoms with Crippen LogP contribution in [0.2, 0.25) is 0 Å². The summed E-state index contributed by atoms with van der Waals surface area (Å²) in [6, 6.07) is 10.0. The Hall–Kier alpha value is -3.78. The second-order valence-corrected chi connectivity index (χ2v) is 9.01. The average molecular weight is 482 g/mol. The van der Waals surface area contributed by atoms with Crippen molar-refractivity contribution in [1.29, 1.82) is 0 Å². The van der Waals surface area contributed by atoms with Crippen molar-refractivity contribution >= 4 is 48.6 Å². The third-order valence-corrected chi connectivity index (χ3v) is 5.91. The molecule has 0 spiro atoms. The maximum absolute atomic E-state index is 13.5. The van der Waals surface area contributed by atoms with Gasteiger partial charge in [-0.3, -0.25) is 4.57 Å². The summed E-state index contributed by atoms with van der Waals surface area (Å²) in [5.74, 6) is -1.66. The fraction of sp³-hybridized carbons (Fsp3) is 0.125. The van der Waals surface area contributed by atoms with Gasteiger partial charge < -0.3 is 9.84 Å². The summed E-state index contributed by atoms with van der Waals surface area (Å²) >= 11 is 0. The van der Waals surface area contributed by atoms with Crippen LogP contribution in [-0.4, -0.2) is 37.2 Å². The number of hydrogen-bond donors (Lipinski definition) is 3. The van der Waals surface area contributed by atoms with Gasteiger partial charge in [0.25, 0.3) is 0 Å². The van der Waals surface area contributed by atoms with Gasteiger partial charge in [-0.25, -0.2) is 19.4 Å². The molecule has 0 aliphatic heterocycles. The Labute approximate surface area is 193 Å². The highest BCUT2D eigenvalue weighted by Gasteiger charge is 2.36. The minimum Gasteiger partial charge on any atom is -0.478 e. The molecular weight excluding hydrogens is 461 g/mol. The van der Waals surface area contributed by atoms with Crippen molar-refractivity contribution in [2.75, 3.05) is 0 Å². The van der Waals surface area contributed by atoms with Crippen LogP contribution in [0.15, 0.2) is 36.4 Å². The SMILES string of the molecule is Cc1cc(C(=O)O)cc(C)c1OC(=O)[c+]1c2c(n(C)c3ccccc31)=C[CH+]C(=[O+]P(=O)(O)O)C=2. The molecule has 3 N–H and O–H groups in total. The second kappa shape index (κ2) is 8.53. The van der Waals surface area contributed by atoms with E-state index in [9.17, 15) is 29.0 Å². The van der Waals surface area contributed by atoms with E-state index in [0.717, 1.165) is 5.52 Å². The summed E-state index contributed by atoms with van der Waals surface area (Å²) in [5, 5.41) is 10.8. The summed E-state index contributed by atoms with van der Waals surface area (Å²) in [5.41, 5.74) is 1.95. The van der Waals surface area contributed by atoms with Crippen molar-refractivity contribution in [3.8, 4) is 5.75 Å². The van der Waals surface area contributed by atoms with Gasteiger partial charge in [-0.1, -0.05) is 0 Å². The normalized spacial score (nSPS) is 14.1. The average Bonchev–Trinajstić information content (AvgIpc) is 2.75. The van der Waals surface area contributed by atoms with E-state index in [1.54, 1.807) is 32.1 Å². The van der Waals surface area contributed by atoms with Crippen LogP contribution in [0.4, 0.5) is 0 Å². The number of phosphoric acid groups is 1. The highest BCUT2D eigenvalue weighted by atomic mass is 31.2. The van der Waals surface area contributed by atoms with Crippen LogP contribution < -0.4 is 15.3 Å². The van der Waals surface area contributed by atoms with Crippen molar-refractivity contribution in [3.05, 3.63) is 75.6 Å². The number of aromatic carboxylic acids is 1. The smallest absolute Gasteiger partial charge is 0.478 e. The third-order valence-electron chi connectivity index (χ3n) is 5.46. The lowest BCUT2D eigenvalue weighted by molar-refractivity contribution is -0.305. The number of esters is 1. The number of carboxylic acid groups (broad SMARTS) is 1. The fourth-order valence-corrected chi connectivity index (χ4v) is 4.44. The van der Waals surface area contributed by atoms with Crippen molar-refractivity contribution < 1.29 is 38.0 Å². The van der Waals surface area contributed by atoms with Gasteiger partial charge in [0.1, 0.15) is 23.1 Å². The van der Waals surface area contributed by atoms with Gasteiger partial charge in [0, 0.05) is 13.1 Å². The Morgan fingerprint density at radius 2 is 1.79 bits per heavy atom. The molecule has 2 aromatic carbocycles. The molecule has 1 heterocycles. The highest BCUT2D eigenvalue weighted by Crippen LogP contribution is 2.32. The van der Waals surface area contributed by atoms with E-state index in [4.69, 9.17) is 8.95 Å². The number of nitrogens with zero attached hydrogens (tertiary/aromatic N) is 1. The fourth-order valence-electron chi connectivity index (χ4n) is 4.05. The number of aryl methyl sites for hydroxylation is 3. The molecule has 0 atom stereocenters. The van der Waals surface area contributed by atoms with Crippen LogP contribution in [0.5, 0.6) is 5.75 Å². The van der Waals surface area contributed by atoms with Crippen LogP contribution in [0.25, 0.3) is 23.1 Å². The van der Waals surface area contributed by atoms with E-state index in [1.165, 1.54) is 24.6 Å². The lowest BCUT2D eigenvalue weighted by Gasteiger charge is -2.12. The van der Waals surface area contributed by atoms with E-state index in [2.05, 4.69) is 0 Å². The molecule has 10 heteroatoms. The first-order valence-electron chi connectivity index (χ1n) is 10.1. The number of carboxylic acids is 1. The Balaban J connectivity index is 1.96. The van der Waals surface area contributed by atoms with E-state index in [1.807, 2.05) is 23.7 Å². The first kappa shape index (κ1) is 23.4. The maximum atomic E-state index is 13.5. The van der Waals surface area contributed by atoms with E-state index in [-0.39, 0.29) is 22.7 Å². The highest BCUT2D eigenvalue weighted by molar-refractivity contribution is 7.44. The molecule has 0 saturated carbocycles. The number of ether oxygens (including phenoxy) is 1. The summed E-state index contributed by atoms with van der Waals surface area (Å²) < 4.78 is 23.7. The number of para-hydroxylation sites is 1. The number of ketones is 1. The number of fused-ring (bicyclic) bond motifs is 2. The maximum Gasteiger partial charge on any atom is 0.765 e. The van der Waals surface area contributed by atoms with Gasteiger partial charge >= 0.3 is 25.5 Å². The van der Waals surface area contributed by atoms with Gasteiger partial charge in [-0.2, -0.15) is 4.57 Å². The Morgan fingerprint density at radius 1 is 1.15 bits per heavy atom.